The van der Waals surface area contributed by atoms with Gasteiger partial charge in [0, 0.05) is 0 Å². The maximum Gasteiger partial charge on any atom is 0.163 e. The summed E-state index contributed by atoms with van der Waals surface area (Å²) in [7, 11) is 0. The molecular weight excluding hydrogens is 170 g/mol. The summed E-state index contributed by atoms with van der Waals surface area (Å²) in [6.07, 6.45) is 1.02. The molecule has 2 rings (SSSR count). The first-order valence-electron chi connectivity index (χ1n) is 4.79. The zero-order valence-electron chi connectivity index (χ0n) is 8.06. The van der Waals surface area contributed by atoms with Crippen LogP contribution < -0.4 is 5.73 Å². The Hall–Kier alpha value is -0.160. The number of hydrogen-bond acceptors (Lipinski definition) is 4. The Labute approximate surface area is 78.0 Å². The van der Waals surface area contributed by atoms with Crippen LogP contribution in [0.5, 0.6) is 0 Å². The lowest BCUT2D eigenvalue weighted by molar-refractivity contribution is -0.147. The van der Waals surface area contributed by atoms with Crippen LogP contribution in [0.1, 0.15) is 26.7 Å². The van der Waals surface area contributed by atoms with E-state index >= 15 is 0 Å². The summed E-state index contributed by atoms with van der Waals surface area (Å²) in [6, 6.07) is -0.305. The van der Waals surface area contributed by atoms with Gasteiger partial charge in [-0.15, -0.1) is 0 Å². The summed E-state index contributed by atoms with van der Waals surface area (Å²) < 4.78 is 11.3. The molecule has 13 heavy (non-hydrogen) atoms. The van der Waals surface area contributed by atoms with Crippen LogP contribution in [0, 0.1) is 0 Å². The monoisotopic (exact) mass is 187 g/mol. The first-order valence-corrected chi connectivity index (χ1v) is 4.79. The zero-order chi connectivity index (χ0) is 9.64. The van der Waals surface area contributed by atoms with Crippen molar-refractivity contribution < 1.29 is 14.6 Å². The molecule has 4 nitrogen and oxygen atoms in total. The maximum atomic E-state index is 9.53. The molecule has 2 aliphatic rings. The van der Waals surface area contributed by atoms with Crippen LogP contribution in [0.3, 0.4) is 0 Å². The molecule has 76 valence electrons. The standard InChI is InChI=1S/C9H17NO3/c1-9(2)12-6-4-3-5(11)7(10)8(6)13-9/h5-8,11H,3-4,10H2,1-2H3/t5-,6-,7+,8-/m1/s1. The number of aliphatic hydroxyl groups is 1. The van der Waals surface area contributed by atoms with E-state index in [0.29, 0.717) is 6.42 Å². The van der Waals surface area contributed by atoms with E-state index < -0.39 is 11.9 Å². The fraction of sp³-hybridized carbons (Fsp3) is 1.00. The van der Waals surface area contributed by atoms with Gasteiger partial charge in [-0.25, -0.2) is 0 Å². The Balaban J connectivity index is 2.11. The quantitative estimate of drug-likeness (QED) is 0.560. The van der Waals surface area contributed by atoms with Crippen LogP contribution in [0.2, 0.25) is 0 Å². The maximum absolute atomic E-state index is 9.53. The van der Waals surface area contributed by atoms with E-state index in [0.717, 1.165) is 6.42 Å². The van der Waals surface area contributed by atoms with E-state index in [9.17, 15) is 5.11 Å². The molecule has 1 aliphatic heterocycles. The van der Waals surface area contributed by atoms with Crippen LogP contribution in [-0.4, -0.2) is 35.2 Å². The summed E-state index contributed by atoms with van der Waals surface area (Å²) in [5, 5.41) is 9.53. The average Bonchev–Trinajstić information content (AvgIpc) is 2.34. The van der Waals surface area contributed by atoms with Crippen molar-refractivity contribution in [3.63, 3.8) is 0 Å². The fourth-order valence-corrected chi connectivity index (χ4v) is 2.16. The molecule has 0 aromatic heterocycles. The average molecular weight is 187 g/mol. The second-order valence-corrected chi connectivity index (χ2v) is 4.36. The predicted octanol–water partition coefficient (Wildman–Crippen LogP) is -0.0115. The van der Waals surface area contributed by atoms with E-state index in [-0.39, 0.29) is 18.2 Å². The summed E-state index contributed by atoms with van der Waals surface area (Å²) in [5.41, 5.74) is 5.83. The third-order valence-electron chi connectivity index (χ3n) is 2.79. The van der Waals surface area contributed by atoms with Crippen molar-refractivity contribution >= 4 is 0 Å². The van der Waals surface area contributed by atoms with Gasteiger partial charge in [0.25, 0.3) is 0 Å². The Morgan fingerprint density at radius 1 is 1.31 bits per heavy atom. The lowest BCUT2D eigenvalue weighted by Crippen LogP contribution is -2.53. The van der Waals surface area contributed by atoms with Gasteiger partial charge in [-0.1, -0.05) is 0 Å². The molecule has 0 radical (unpaired) electrons. The summed E-state index contributed by atoms with van der Waals surface area (Å²) in [5.74, 6) is -0.545. The van der Waals surface area contributed by atoms with Crippen molar-refractivity contribution in [2.24, 2.45) is 5.73 Å². The second kappa shape index (κ2) is 2.92. The van der Waals surface area contributed by atoms with E-state index in [1.807, 2.05) is 13.8 Å². The molecule has 0 spiro atoms. The van der Waals surface area contributed by atoms with Gasteiger partial charge in [-0.05, 0) is 26.7 Å². The first kappa shape index (κ1) is 9.40. The van der Waals surface area contributed by atoms with Crippen LogP contribution >= 0.6 is 0 Å². The Bertz CT molecular complexity index is 207. The highest BCUT2D eigenvalue weighted by molar-refractivity contribution is 4.96. The van der Waals surface area contributed by atoms with Gasteiger partial charge in [-0.3, -0.25) is 0 Å². The van der Waals surface area contributed by atoms with Crippen molar-refractivity contribution in [1.82, 2.24) is 0 Å². The highest BCUT2D eigenvalue weighted by Gasteiger charge is 2.48. The Morgan fingerprint density at radius 2 is 2.00 bits per heavy atom. The minimum atomic E-state index is -0.545. The summed E-state index contributed by atoms with van der Waals surface area (Å²) in [6.45, 7) is 3.76. The molecule has 1 saturated heterocycles. The number of hydrogen-bond donors (Lipinski definition) is 2. The molecule has 4 heteroatoms. The summed E-state index contributed by atoms with van der Waals surface area (Å²) in [4.78, 5) is 0. The van der Waals surface area contributed by atoms with E-state index in [2.05, 4.69) is 0 Å². The van der Waals surface area contributed by atoms with Gasteiger partial charge in [0.1, 0.15) is 6.10 Å². The molecule has 0 bridgehead atoms. The van der Waals surface area contributed by atoms with Crippen molar-refractivity contribution in [1.29, 1.82) is 0 Å². The van der Waals surface area contributed by atoms with E-state index in [1.165, 1.54) is 0 Å². The number of fused-ring (bicyclic) bond motifs is 1. The topological polar surface area (TPSA) is 64.7 Å². The van der Waals surface area contributed by atoms with Crippen LogP contribution in [0.15, 0.2) is 0 Å². The van der Waals surface area contributed by atoms with Gasteiger partial charge in [-0.2, -0.15) is 0 Å². The molecule has 1 heterocycles. The number of nitrogens with two attached hydrogens (primary N) is 1. The highest BCUT2D eigenvalue weighted by atomic mass is 16.8. The van der Waals surface area contributed by atoms with Gasteiger partial charge in [0.2, 0.25) is 0 Å². The number of ether oxygens (including phenoxy) is 2. The molecule has 1 saturated carbocycles. The second-order valence-electron chi connectivity index (χ2n) is 4.36. The van der Waals surface area contributed by atoms with Gasteiger partial charge in [0.15, 0.2) is 5.79 Å². The lowest BCUT2D eigenvalue weighted by atomic mass is 9.88. The van der Waals surface area contributed by atoms with Crippen LogP contribution in [0.4, 0.5) is 0 Å². The molecule has 0 aromatic carbocycles. The van der Waals surface area contributed by atoms with E-state index in [1.54, 1.807) is 0 Å². The smallest absolute Gasteiger partial charge is 0.163 e. The fourth-order valence-electron chi connectivity index (χ4n) is 2.16. The third kappa shape index (κ3) is 1.59. The Kier molecular flexibility index (Phi) is 2.11. The first-order chi connectivity index (χ1) is 5.99. The summed E-state index contributed by atoms with van der Waals surface area (Å²) >= 11 is 0. The van der Waals surface area contributed by atoms with Crippen molar-refractivity contribution in [2.45, 2.75) is 56.8 Å². The minimum Gasteiger partial charge on any atom is -0.391 e. The lowest BCUT2D eigenvalue weighted by Gasteiger charge is -2.32. The van der Waals surface area contributed by atoms with E-state index in [4.69, 9.17) is 15.2 Å². The SMILES string of the molecule is CC1(C)O[C@H]2[C@@H](N)[C@H](O)CC[C@H]2O1. The van der Waals surface area contributed by atoms with Gasteiger partial charge < -0.3 is 20.3 Å². The molecule has 4 atom stereocenters. The van der Waals surface area contributed by atoms with Crippen LogP contribution in [0.25, 0.3) is 0 Å². The van der Waals surface area contributed by atoms with Crippen molar-refractivity contribution in [3.05, 3.63) is 0 Å². The molecule has 0 aromatic rings. The molecule has 2 fully saturated rings. The largest absolute Gasteiger partial charge is 0.391 e. The molecule has 0 amide bonds. The normalized spacial score (nSPS) is 48.9. The van der Waals surface area contributed by atoms with Crippen molar-refractivity contribution in [3.8, 4) is 0 Å². The highest BCUT2D eigenvalue weighted by Crippen LogP contribution is 2.36. The zero-order valence-corrected chi connectivity index (χ0v) is 8.06. The third-order valence-corrected chi connectivity index (χ3v) is 2.79. The minimum absolute atomic E-state index is 0.0633. The Morgan fingerprint density at radius 3 is 2.69 bits per heavy atom. The van der Waals surface area contributed by atoms with Crippen molar-refractivity contribution in [2.75, 3.05) is 0 Å². The molecule has 1 aliphatic carbocycles. The number of aliphatic hydroxyl groups excluding tert-OH is 1. The predicted molar refractivity (Wildman–Crippen MR) is 47.0 cm³/mol. The number of rotatable bonds is 0. The molecule has 0 unspecified atom stereocenters. The van der Waals surface area contributed by atoms with Gasteiger partial charge >= 0.3 is 0 Å². The van der Waals surface area contributed by atoms with Crippen LogP contribution in [-0.2, 0) is 9.47 Å². The van der Waals surface area contributed by atoms with Gasteiger partial charge in [0.05, 0.1) is 18.2 Å². The molecule has 3 N–H and O–H groups in total. The molecular formula is C9H17NO3.